The molecule has 0 aliphatic heterocycles. The van der Waals surface area contributed by atoms with E-state index in [0.717, 1.165) is 0 Å². The molecule has 1 unspecified atom stereocenters. The second-order valence-corrected chi connectivity index (χ2v) is 4.49. The van der Waals surface area contributed by atoms with Gasteiger partial charge in [-0.3, -0.25) is 4.90 Å². The summed E-state index contributed by atoms with van der Waals surface area (Å²) >= 11 is 5.79. The van der Waals surface area contributed by atoms with E-state index in [9.17, 15) is 18.3 Å². The molecule has 1 rings (SSSR count). The summed E-state index contributed by atoms with van der Waals surface area (Å²) in [6.45, 7) is 2.47. The van der Waals surface area contributed by atoms with Crippen molar-refractivity contribution in [2.24, 2.45) is 0 Å². The van der Waals surface area contributed by atoms with Crippen LogP contribution in [0.3, 0.4) is 0 Å². The Hall–Kier alpha value is -0.940. The molecular weight excluding hydrogens is 267 g/mol. The molecule has 0 saturated heterocycles. The van der Waals surface area contributed by atoms with Crippen molar-refractivity contribution in [1.82, 2.24) is 4.90 Å². The smallest absolute Gasteiger partial charge is 0.401 e. The SMILES string of the molecule is CCN(CC(F)(F)F)C(C)c1cc(Cl)ccc1O. The lowest BCUT2D eigenvalue weighted by Crippen LogP contribution is -2.36. The van der Waals surface area contributed by atoms with Gasteiger partial charge in [-0.1, -0.05) is 18.5 Å². The zero-order valence-corrected chi connectivity index (χ0v) is 10.9. The first kappa shape index (κ1) is 15.1. The van der Waals surface area contributed by atoms with Gasteiger partial charge in [0.25, 0.3) is 0 Å². The van der Waals surface area contributed by atoms with Gasteiger partial charge in [0.2, 0.25) is 0 Å². The van der Waals surface area contributed by atoms with Crippen molar-refractivity contribution < 1.29 is 18.3 Å². The highest BCUT2D eigenvalue weighted by molar-refractivity contribution is 6.30. The van der Waals surface area contributed by atoms with Gasteiger partial charge in [-0.05, 0) is 31.7 Å². The number of aromatic hydroxyl groups is 1. The third kappa shape index (κ3) is 4.07. The second kappa shape index (κ2) is 5.80. The van der Waals surface area contributed by atoms with Crippen molar-refractivity contribution in [1.29, 1.82) is 0 Å². The minimum absolute atomic E-state index is 0.0486. The van der Waals surface area contributed by atoms with Crippen molar-refractivity contribution >= 4 is 11.6 Å². The fourth-order valence-corrected chi connectivity index (χ4v) is 1.99. The molecule has 1 aromatic rings. The topological polar surface area (TPSA) is 23.5 Å². The summed E-state index contributed by atoms with van der Waals surface area (Å²) in [5, 5.41) is 10.1. The Kier molecular flexibility index (Phi) is 4.87. The first-order valence-corrected chi connectivity index (χ1v) is 5.91. The highest BCUT2D eigenvalue weighted by atomic mass is 35.5. The molecule has 18 heavy (non-hydrogen) atoms. The van der Waals surface area contributed by atoms with E-state index in [-0.39, 0.29) is 12.3 Å². The molecule has 2 nitrogen and oxygen atoms in total. The van der Waals surface area contributed by atoms with Crippen LogP contribution in [0.1, 0.15) is 25.5 Å². The summed E-state index contributed by atoms with van der Waals surface area (Å²) in [4.78, 5) is 1.23. The van der Waals surface area contributed by atoms with Gasteiger partial charge in [0.05, 0.1) is 6.54 Å². The number of phenolic OH excluding ortho intramolecular Hbond substituents is 1. The Bertz CT molecular complexity index is 409. The lowest BCUT2D eigenvalue weighted by molar-refractivity contribution is -0.150. The van der Waals surface area contributed by atoms with Gasteiger partial charge >= 0.3 is 6.18 Å². The van der Waals surface area contributed by atoms with Crippen molar-refractivity contribution in [3.8, 4) is 5.75 Å². The molecule has 0 saturated carbocycles. The van der Waals surface area contributed by atoms with E-state index in [1.54, 1.807) is 13.8 Å². The molecule has 0 heterocycles. The summed E-state index contributed by atoms with van der Waals surface area (Å²) in [6.07, 6.45) is -4.27. The standard InChI is InChI=1S/C12H15ClF3NO/c1-3-17(7-12(14,15)16)8(2)10-6-9(13)4-5-11(10)18/h4-6,8,18H,3,7H2,1-2H3. The summed E-state index contributed by atoms with van der Waals surface area (Å²) in [7, 11) is 0. The number of alkyl halides is 3. The Morgan fingerprint density at radius 3 is 2.50 bits per heavy atom. The summed E-state index contributed by atoms with van der Waals surface area (Å²) in [5.74, 6) is -0.0486. The molecule has 102 valence electrons. The number of nitrogens with zero attached hydrogens (tertiary/aromatic N) is 1. The van der Waals surface area contributed by atoms with Crippen molar-refractivity contribution in [2.75, 3.05) is 13.1 Å². The van der Waals surface area contributed by atoms with Crippen LogP contribution in [-0.4, -0.2) is 29.3 Å². The molecule has 0 radical (unpaired) electrons. The predicted molar refractivity (Wildman–Crippen MR) is 64.8 cm³/mol. The minimum atomic E-state index is -4.27. The third-order valence-electron chi connectivity index (χ3n) is 2.78. The van der Waals surface area contributed by atoms with Crippen LogP contribution < -0.4 is 0 Å². The zero-order chi connectivity index (χ0) is 13.9. The molecule has 0 bridgehead atoms. The molecule has 0 fully saturated rings. The molecule has 1 atom stereocenters. The van der Waals surface area contributed by atoms with Crippen molar-refractivity contribution in [2.45, 2.75) is 26.1 Å². The van der Waals surface area contributed by atoms with E-state index in [1.807, 2.05) is 0 Å². The van der Waals surface area contributed by atoms with Gasteiger partial charge in [-0.15, -0.1) is 0 Å². The molecule has 0 aliphatic rings. The molecule has 6 heteroatoms. The van der Waals surface area contributed by atoms with Crippen molar-refractivity contribution in [3.63, 3.8) is 0 Å². The van der Waals surface area contributed by atoms with Crippen molar-refractivity contribution in [3.05, 3.63) is 28.8 Å². The van der Waals surface area contributed by atoms with Crippen LogP contribution in [0.5, 0.6) is 5.75 Å². The molecule has 1 aromatic carbocycles. The molecule has 0 amide bonds. The Balaban J connectivity index is 2.96. The maximum Gasteiger partial charge on any atom is 0.401 e. The summed E-state index contributed by atoms with van der Waals surface area (Å²) in [6, 6.07) is 3.80. The van der Waals surface area contributed by atoms with Crippen LogP contribution in [-0.2, 0) is 0 Å². The van der Waals surface area contributed by atoms with Gasteiger partial charge in [0.15, 0.2) is 0 Å². The first-order valence-electron chi connectivity index (χ1n) is 5.53. The third-order valence-corrected chi connectivity index (χ3v) is 3.01. The predicted octanol–water partition coefficient (Wildman–Crippen LogP) is 3.99. The number of halogens is 4. The molecule has 1 N–H and O–H groups in total. The van der Waals surface area contributed by atoms with E-state index in [1.165, 1.54) is 23.1 Å². The lowest BCUT2D eigenvalue weighted by atomic mass is 10.1. The number of hydrogen-bond acceptors (Lipinski definition) is 2. The Morgan fingerprint density at radius 2 is 2.00 bits per heavy atom. The maximum atomic E-state index is 12.4. The summed E-state index contributed by atoms with van der Waals surface area (Å²) < 4.78 is 37.3. The molecule has 0 aliphatic carbocycles. The monoisotopic (exact) mass is 281 g/mol. The Labute approximate surface area is 109 Å². The lowest BCUT2D eigenvalue weighted by Gasteiger charge is -2.29. The van der Waals surface area contributed by atoms with Gasteiger partial charge in [0, 0.05) is 16.6 Å². The van der Waals surface area contributed by atoms with Crippen LogP contribution in [0, 0.1) is 0 Å². The number of hydrogen-bond donors (Lipinski definition) is 1. The maximum absolute atomic E-state index is 12.4. The van der Waals surface area contributed by atoms with Gasteiger partial charge in [0.1, 0.15) is 5.75 Å². The zero-order valence-electron chi connectivity index (χ0n) is 10.1. The summed E-state index contributed by atoms with van der Waals surface area (Å²) in [5.41, 5.74) is 0.397. The normalized spacial score (nSPS) is 13.9. The molecule has 0 aromatic heterocycles. The average molecular weight is 282 g/mol. The first-order chi connectivity index (χ1) is 8.24. The van der Waals surface area contributed by atoms with Crippen LogP contribution in [0.4, 0.5) is 13.2 Å². The van der Waals surface area contributed by atoms with E-state index >= 15 is 0 Å². The van der Waals surface area contributed by atoms with Crippen LogP contribution in [0.2, 0.25) is 5.02 Å². The fourth-order valence-electron chi connectivity index (χ4n) is 1.81. The number of phenols is 1. The minimum Gasteiger partial charge on any atom is -0.508 e. The van der Waals surface area contributed by atoms with E-state index in [0.29, 0.717) is 10.6 Å². The quantitative estimate of drug-likeness (QED) is 0.902. The van der Waals surface area contributed by atoms with Crippen LogP contribution in [0.15, 0.2) is 18.2 Å². The van der Waals surface area contributed by atoms with E-state index in [4.69, 9.17) is 11.6 Å². The highest BCUT2D eigenvalue weighted by Crippen LogP contribution is 2.32. The van der Waals surface area contributed by atoms with Gasteiger partial charge in [-0.25, -0.2) is 0 Å². The van der Waals surface area contributed by atoms with Crippen LogP contribution >= 0.6 is 11.6 Å². The second-order valence-electron chi connectivity index (χ2n) is 4.06. The fraction of sp³-hybridized carbons (Fsp3) is 0.500. The molecular formula is C12H15ClF3NO. The van der Waals surface area contributed by atoms with Crippen LogP contribution in [0.25, 0.3) is 0 Å². The number of rotatable bonds is 4. The van der Waals surface area contributed by atoms with E-state index < -0.39 is 18.8 Å². The Morgan fingerprint density at radius 1 is 1.39 bits per heavy atom. The molecule has 0 spiro atoms. The van der Waals surface area contributed by atoms with Gasteiger partial charge in [-0.2, -0.15) is 13.2 Å². The highest BCUT2D eigenvalue weighted by Gasteiger charge is 2.32. The average Bonchev–Trinajstić information content (AvgIpc) is 2.27. The number of benzene rings is 1. The van der Waals surface area contributed by atoms with E-state index in [2.05, 4.69) is 0 Å². The van der Waals surface area contributed by atoms with Gasteiger partial charge < -0.3 is 5.11 Å². The largest absolute Gasteiger partial charge is 0.508 e.